The van der Waals surface area contributed by atoms with Crippen molar-refractivity contribution in [2.45, 2.75) is 18.0 Å². The molecule has 2 aliphatic heterocycles. The lowest BCUT2D eigenvalue weighted by Crippen LogP contribution is -2.46. The number of nitro benzene ring substituents is 1. The van der Waals surface area contributed by atoms with Crippen LogP contribution in [0.15, 0.2) is 84.9 Å². The third-order valence-electron chi connectivity index (χ3n) is 7.04. The fourth-order valence-corrected chi connectivity index (χ4v) is 5.49. The normalized spacial score (nSPS) is 23.8. The van der Waals surface area contributed by atoms with Crippen LogP contribution in [0.25, 0.3) is 6.08 Å². The maximum absolute atomic E-state index is 14.1. The molecule has 4 atom stereocenters. The van der Waals surface area contributed by atoms with E-state index in [0.29, 0.717) is 16.8 Å². The first-order valence-corrected chi connectivity index (χ1v) is 11.3. The molecule has 2 aliphatic rings. The molecule has 0 amide bonds. The van der Waals surface area contributed by atoms with Crippen molar-refractivity contribution in [3.8, 4) is 6.07 Å². The summed E-state index contributed by atoms with van der Waals surface area (Å²) in [5.74, 6) is -2.00. The summed E-state index contributed by atoms with van der Waals surface area (Å²) in [6, 6.07) is 22.3. The Morgan fingerprint density at radius 1 is 1.03 bits per heavy atom. The van der Waals surface area contributed by atoms with Crippen LogP contribution in [0.1, 0.15) is 27.4 Å². The molecule has 0 saturated carbocycles. The van der Waals surface area contributed by atoms with Crippen LogP contribution in [0, 0.1) is 26.9 Å². The highest BCUT2D eigenvalue weighted by molar-refractivity contribution is 6.06. The van der Waals surface area contributed by atoms with Crippen LogP contribution in [-0.4, -0.2) is 35.9 Å². The lowest BCUT2D eigenvalue weighted by molar-refractivity contribution is -0.384. The second kappa shape index (κ2) is 8.78. The molecular weight excluding hydrogens is 458 g/mol. The molecule has 0 N–H and O–H groups in total. The molecule has 4 unspecified atom stereocenters. The van der Waals surface area contributed by atoms with Gasteiger partial charge in [-0.15, -0.1) is 0 Å². The van der Waals surface area contributed by atoms with E-state index >= 15 is 0 Å². The maximum atomic E-state index is 14.1. The second-order valence-electron chi connectivity index (χ2n) is 8.74. The van der Waals surface area contributed by atoms with Gasteiger partial charge in [-0.3, -0.25) is 19.7 Å². The minimum atomic E-state index is -1.79. The third kappa shape index (κ3) is 3.28. The molecule has 0 aliphatic carbocycles. The molecule has 0 radical (unpaired) electrons. The van der Waals surface area contributed by atoms with Gasteiger partial charge in [-0.1, -0.05) is 72.8 Å². The number of non-ortho nitro benzene ring substituents is 1. The standard InChI is InChI=1S/C28H21N3O5/c1-36-27(33)28(17-29)23-16-13-18-7-5-6-10-22(18)30(23)25(26(32)20-8-3-2-4-9-20)24(28)19-11-14-21(15-12-19)31(34)35/h2-16,23-25H,1H3. The number of carbonyl (C=O) groups excluding carboxylic acids is 2. The minimum Gasteiger partial charge on any atom is -0.468 e. The van der Waals surface area contributed by atoms with E-state index in [1.807, 2.05) is 35.2 Å². The van der Waals surface area contributed by atoms with Gasteiger partial charge in [0.15, 0.2) is 11.2 Å². The lowest BCUT2D eigenvalue weighted by Gasteiger charge is -2.36. The van der Waals surface area contributed by atoms with Crippen molar-refractivity contribution in [3.63, 3.8) is 0 Å². The molecule has 1 saturated heterocycles. The molecule has 36 heavy (non-hydrogen) atoms. The van der Waals surface area contributed by atoms with Crippen molar-refractivity contribution in [2.75, 3.05) is 12.0 Å². The summed E-state index contributed by atoms with van der Waals surface area (Å²) >= 11 is 0. The first-order valence-electron chi connectivity index (χ1n) is 11.3. The highest BCUT2D eigenvalue weighted by Gasteiger charge is 2.67. The number of para-hydroxylation sites is 1. The van der Waals surface area contributed by atoms with Crippen LogP contribution >= 0.6 is 0 Å². The van der Waals surface area contributed by atoms with Crippen molar-refractivity contribution in [3.05, 3.63) is 112 Å². The van der Waals surface area contributed by atoms with E-state index in [1.165, 1.54) is 31.4 Å². The Labute approximate surface area is 207 Å². The number of methoxy groups -OCH3 is 1. The zero-order valence-electron chi connectivity index (χ0n) is 19.3. The number of esters is 1. The van der Waals surface area contributed by atoms with Crippen molar-refractivity contribution in [1.82, 2.24) is 0 Å². The van der Waals surface area contributed by atoms with Crippen molar-refractivity contribution in [2.24, 2.45) is 5.41 Å². The molecule has 0 bridgehead atoms. The van der Waals surface area contributed by atoms with E-state index < -0.39 is 34.3 Å². The van der Waals surface area contributed by atoms with Gasteiger partial charge in [0.25, 0.3) is 5.69 Å². The summed E-state index contributed by atoms with van der Waals surface area (Å²) < 4.78 is 5.17. The van der Waals surface area contributed by atoms with E-state index in [1.54, 1.807) is 36.4 Å². The zero-order valence-corrected chi connectivity index (χ0v) is 19.3. The number of nitro groups is 1. The lowest BCUT2D eigenvalue weighted by atomic mass is 9.68. The minimum absolute atomic E-state index is 0.133. The first kappa shape index (κ1) is 23.0. The summed E-state index contributed by atoms with van der Waals surface area (Å²) in [4.78, 5) is 40.2. The van der Waals surface area contributed by atoms with E-state index in [0.717, 1.165) is 5.56 Å². The van der Waals surface area contributed by atoms with Crippen LogP contribution in [-0.2, 0) is 9.53 Å². The average Bonchev–Trinajstić information content (AvgIpc) is 3.24. The van der Waals surface area contributed by atoms with Gasteiger partial charge in [0.05, 0.1) is 24.1 Å². The Bertz CT molecular complexity index is 1430. The number of benzene rings is 3. The van der Waals surface area contributed by atoms with Gasteiger partial charge in [0.2, 0.25) is 0 Å². The fraction of sp³-hybridized carbons (Fsp3) is 0.179. The van der Waals surface area contributed by atoms with Crippen LogP contribution in [0.5, 0.6) is 0 Å². The van der Waals surface area contributed by atoms with Gasteiger partial charge in [0.1, 0.15) is 6.04 Å². The van der Waals surface area contributed by atoms with Gasteiger partial charge in [-0.25, -0.2) is 0 Å². The Balaban J connectivity index is 1.80. The molecule has 178 valence electrons. The number of hydrogen-bond acceptors (Lipinski definition) is 7. The Morgan fingerprint density at radius 2 is 1.69 bits per heavy atom. The zero-order chi connectivity index (χ0) is 25.4. The third-order valence-corrected chi connectivity index (χ3v) is 7.04. The van der Waals surface area contributed by atoms with Crippen molar-refractivity contribution < 1.29 is 19.2 Å². The van der Waals surface area contributed by atoms with Crippen LogP contribution in [0.3, 0.4) is 0 Å². The number of rotatable bonds is 5. The van der Waals surface area contributed by atoms with E-state index in [4.69, 9.17) is 4.74 Å². The molecule has 3 aromatic rings. The second-order valence-corrected chi connectivity index (χ2v) is 8.74. The number of ketones is 1. The van der Waals surface area contributed by atoms with Gasteiger partial charge in [0, 0.05) is 29.3 Å². The van der Waals surface area contributed by atoms with E-state index in [-0.39, 0.29) is 11.5 Å². The predicted molar refractivity (Wildman–Crippen MR) is 132 cm³/mol. The Kier molecular flexibility index (Phi) is 5.61. The number of hydrogen-bond donors (Lipinski definition) is 0. The molecule has 8 heteroatoms. The number of ether oxygens (including phenoxy) is 1. The number of fused-ring (bicyclic) bond motifs is 3. The van der Waals surface area contributed by atoms with Crippen LogP contribution in [0.2, 0.25) is 0 Å². The summed E-state index contributed by atoms with van der Waals surface area (Å²) in [5, 5.41) is 21.9. The Morgan fingerprint density at radius 3 is 2.33 bits per heavy atom. The van der Waals surface area contributed by atoms with Crippen molar-refractivity contribution in [1.29, 1.82) is 5.26 Å². The fourth-order valence-electron chi connectivity index (χ4n) is 5.49. The van der Waals surface area contributed by atoms with Gasteiger partial charge >= 0.3 is 5.97 Å². The quantitative estimate of drug-likeness (QED) is 0.229. The molecule has 0 aromatic heterocycles. The van der Waals surface area contributed by atoms with Crippen molar-refractivity contribution >= 4 is 29.2 Å². The summed E-state index contributed by atoms with van der Waals surface area (Å²) in [7, 11) is 1.21. The van der Waals surface area contributed by atoms with Crippen LogP contribution in [0.4, 0.5) is 11.4 Å². The predicted octanol–water partition coefficient (Wildman–Crippen LogP) is 4.53. The number of carbonyl (C=O) groups is 2. The average molecular weight is 479 g/mol. The summed E-state index contributed by atoms with van der Waals surface area (Å²) in [6.07, 6.45) is 3.60. The summed E-state index contributed by atoms with van der Waals surface area (Å²) in [5.41, 5.74) is 0.532. The smallest absolute Gasteiger partial charge is 0.329 e. The molecule has 3 aromatic carbocycles. The molecule has 0 spiro atoms. The molecular formula is C28H21N3O5. The topological polar surface area (TPSA) is 114 Å². The Hall–Kier alpha value is -4.77. The SMILES string of the molecule is COC(=O)C1(C#N)C(c2ccc([N+](=O)[O-])cc2)C(C(=O)c2ccccc2)N2c3ccccc3C=CC21. The number of nitriles is 1. The van der Waals surface area contributed by atoms with Gasteiger partial charge in [-0.05, 0) is 17.2 Å². The molecule has 5 rings (SSSR count). The molecule has 1 fully saturated rings. The summed E-state index contributed by atoms with van der Waals surface area (Å²) in [6.45, 7) is 0. The monoisotopic (exact) mass is 479 g/mol. The van der Waals surface area contributed by atoms with Crippen LogP contribution < -0.4 is 4.90 Å². The highest BCUT2D eigenvalue weighted by Crippen LogP contribution is 2.56. The highest BCUT2D eigenvalue weighted by atomic mass is 16.6. The number of nitrogens with zero attached hydrogens (tertiary/aromatic N) is 3. The number of anilines is 1. The van der Waals surface area contributed by atoms with Gasteiger partial charge < -0.3 is 9.64 Å². The first-order chi connectivity index (χ1) is 17.4. The largest absolute Gasteiger partial charge is 0.468 e. The number of Topliss-reactive ketones (excluding diaryl/α,β-unsaturated/α-hetero) is 1. The van der Waals surface area contributed by atoms with E-state index in [9.17, 15) is 25.0 Å². The molecule has 8 nitrogen and oxygen atoms in total. The van der Waals surface area contributed by atoms with Gasteiger partial charge in [-0.2, -0.15) is 5.26 Å². The maximum Gasteiger partial charge on any atom is 0.329 e. The molecule has 2 heterocycles. The van der Waals surface area contributed by atoms with E-state index in [2.05, 4.69) is 6.07 Å².